The van der Waals surface area contributed by atoms with Gasteiger partial charge in [0.05, 0.1) is 18.3 Å². The van der Waals surface area contributed by atoms with E-state index in [-0.39, 0.29) is 12.6 Å². The Bertz CT molecular complexity index is 551. The molecular weight excluding hydrogens is 274 g/mol. The molecule has 0 amide bonds. The number of aliphatic hydroxyl groups is 1. The zero-order valence-corrected chi connectivity index (χ0v) is 12.6. The molecule has 2 rings (SSSR count). The van der Waals surface area contributed by atoms with E-state index >= 15 is 0 Å². The van der Waals surface area contributed by atoms with Gasteiger partial charge in [-0.1, -0.05) is 30.7 Å². The van der Waals surface area contributed by atoms with Crippen LogP contribution in [0.15, 0.2) is 30.5 Å². The summed E-state index contributed by atoms with van der Waals surface area (Å²) in [6.45, 7) is 2.82. The topological polar surface area (TPSA) is 50.1 Å². The smallest absolute Gasteiger partial charge is 0.0666 e. The van der Waals surface area contributed by atoms with Crippen LogP contribution in [0.4, 0.5) is 0 Å². The minimum absolute atomic E-state index is 0.0450. The van der Waals surface area contributed by atoms with Gasteiger partial charge in [0.2, 0.25) is 0 Å². The van der Waals surface area contributed by atoms with Crippen LogP contribution >= 0.6 is 11.6 Å². The number of hydrogen-bond acceptors (Lipinski definition) is 3. The molecule has 2 aromatic rings. The summed E-state index contributed by atoms with van der Waals surface area (Å²) < 4.78 is 1.83. The van der Waals surface area contributed by atoms with Crippen molar-refractivity contribution in [2.24, 2.45) is 7.05 Å². The Morgan fingerprint density at radius 1 is 1.35 bits per heavy atom. The SMILES string of the molecule is CCc1nn(C)cc1CNC(CO)c1ccc(Cl)cc1. The number of aliphatic hydroxyl groups excluding tert-OH is 1. The Labute approximate surface area is 124 Å². The van der Waals surface area contributed by atoms with E-state index in [2.05, 4.69) is 17.3 Å². The largest absolute Gasteiger partial charge is 0.394 e. The summed E-state index contributed by atoms with van der Waals surface area (Å²) in [6, 6.07) is 7.43. The molecule has 0 aliphatic rings. The van der Waals surface area contributed by atoms with Crippen LogP contribution in [-0.2, 0) is 20.0 Å². The van der Waals surface area contributed by atoms with Gasteiger partial charge in [-0.2, -0.15) is 5.10 Å². The van der Waals surface area contributed by atoms with E-state index in [0.29, 0.717) is 11.6 Å². The molecule has 2 N–H and O–H groups in total. The molecule has 0 saturated heterocycles. The second kappa shape index (κ2) is 6.88. The van der Waals surface area contributed by atoms with Crippen LogP contribution in [-0.4, -0.2) is 21.5 Å². The lowest BCUT2D eigenvalue weighted by Gasteiger charge is -2.16. The molecule has 0 spiro atoms. The van der Waals surface area contributed by atoms with E-state index in [9.17, 15) is 5.11 Å². The van der Waals surface area contributed by atoms with Gasteiger partial charge in [0.25, 0.3) is 0 Å². The molecule has 0 fully saturated rings. The third-order valence-electron chi connectivity index (χ3n) is 3.32. The first-order valence-corrected chi connectivity index (χ1v) is 7.13. The van der Waals surface area contributed by atoms with Gasteiger partial charge < -0.3 is 10.4 Å². The first-order chi connectivity index (χ1) is 9.63. The fourth-order valence-corrected chi connectivity index (χ4v) is 2.37. The van der Waals surface area contributed by atoms with Gasteiger partial charge in [-0.25, -0.2) is 0 Å². The first kappa shape index (κ1) is 15.0. The summed E-state index contributed by atoms with van der Waals surface area (Å²) in [6.07, 6.45) is 2.92. The van der Waals surface area contributed by atoms with Crippen LogP contribution in [0.5, 0.6) is 0 Å². The number of aryl methyl sites for hydroxylation is 2. The maximum atomic E-state index is 9.54. The maximum Gasteiger partial charge on any atom is 0.0666 e. The van der Waals surface area contributed by atoms with Crippen LogP contribution in [0.2, 0.25) is 5.02 Å². The molecule has 0 bridgehead atoms. The lowest BCUT2D eigenvalue weighted by atomic mass is 10.1. The third-order valence-corrected chi connectivity index (χ3v) is 3.57. The van der Waals surface area contributed by atoms with Crippen molar-refractivity contribution in [1.29, 1.82) is 0 Å². The predicted octanol–water partition coefficient (Wildman–Crippen LogP) is 2.46. The summed E-state index contributed by atoms with van der Waals surface area (Å²) in [5.41, 5.74) is 3.29. The quantitative estimate of drug-likeness (QED) is 0.860. The molecule has 1 atom stereocenters. The Hall–Kier alpha value is -1.36. The third kappa shape index (κ3) is 3.60. The molecule has 0 saturated carbocycles. The number of hydrogen-bond donors (Lipinski definition) is 2. The van der Waals surface area contributed by atoms with Crippen LogP contribution in [0, 0.1) is 0 Å². The maximum absolute atomic E-state index is 9.54. The Kier molecular flexibility index (Phi) is 5.17. The highest BCUT2D eigenvalue weighted by molar-refractivity contribution is 6.30. The molecule has 0 aliphatic carbocycles. The fourth-order valence-electron chi connectivity index (χ4n) is 2.25. The number of nitrogens with zero attached hydrogens (tertiary/aromatic N) is 2. The average Bonchev–Trinajstić information content (AvgIpc) is 2.81. The summed E-state index contributed by atoms with van der Waals surface area (Å²) in [7, 11) is 1.92. The Balaban J connectivity index is 2.05. The fraction of sp³-hybridized carbons (Fsp3) is 0.400. The summed E-state index contributed by atoms with van der Waals surface area (Å²) >= 11 is 5.88. The highest BCUT2D eigenvalue weighted by Crippen LogP contribution is 2.17. The molecule has 20 heavy (non-hydrogen) atoms. The second-order valence-electron chi connectivity index (χ2n) is 4.80. The standard InChI is InChI=1S/C15H20ClN3O/c1-3-14-12(9-19(2)18-14)8-17-15(10-20)11-4-6-13(16)7-5-11/h4-7,9,15,17,20H,3,8,10H2,1-2H3. The van der Waals surface area contributed by atoms with Crippen molar-refractivity contribution in [2.45, 2.75) is 25.9 Å². The molecular formula is C15H20ClN3O. The van der Waals surface area contributed by atoms with Crippen molar-refractivity contribution < 1.29 is 5.11 Å². The molecule has 4 nitrogen and oxygen atoms in total. The van der Waals surface area contributed by atoms with Crippen LogP contribution in [0.3, 0.4) is 0 Å². The average molecular weight is 294 g/mol. The monoisotopic (exact) mass is 293 g/mol. The highest BCUT2D eigenvalue weighted by atomic mass is 35.5. The van der Waals surface area contributed by atoms with E-state index in [4.69, 9.17) is 11.6 Å². The van der Waals surface area contributed by atoms with E-state index in [1.807, 2.05) is 42.2 Å². The number of nitrogens with one attached hydrogen (secondary N) is 1. The Morgan fingerprint density at radius 3 is 2.65 bits per heavy atom. The van der Waals surface area contributed by atoms with E-state index in [0.717, 1.165) is 17.7 Å². The minimum atomic E-state index is -0.0998. The second-order valence-corrected chi connectivity index (χ2v) is 5.23. The van der Waals surface area contributed by atoms with E-state index in [1.165, 1.54) is 5.56 Å². The molecule has 108 valence electrons. The molecule has 5 heteroatoms. The number of rotatable bonds is 6. The van der Waals surface area contributed by atoms with Crippen molar-refractivity contribution in [3.8, 4) is 0 Å². The van der Waals surface area contributed by atoms with Crippen LogP contribution in [0.25, 0.3) is 0 Å². The summed E-state index contributed by atoms with van der Waals surface area (Å²) in [4.78, 5) is 0. The number of benzene rings is 1. The van der Waals surface area contributed by atoms with Crippen LogP contribution in [0.1, 0.15) is 29.8 Å². The van der Waals surface area contributed by atoms with Crippen molar-refractivity contribution >= 4 is 11.6 Å². The van der Waals surface area contributed by atoms with Crippen molar-refractivity contribution in [2.75, 3.05) is 6.61 Å². The highest BCUT2D eigenvalue weighted by Gasteiger charge is 2.12. The van der Waals surface area contributed by atoms with Gasteiger partial charge in [-0.3, -0.25) is 4.68 Å². The van der Waals surface area contributed by atoms with Gasteiger partial charge in [-0.05, 0) is 24.1 Å². The van der Waals surface area contributed by atoms with Crippen LogP contribution < -0.4 is 5.32 Å². The van der Waals surface area contributed by atoms with E-state index in [1.54, 1.807) is 0 Å². The molecule has 1 aromatic carbocycles. The number of aromatic nitrogens is 2. The number of halogens is 1. The van der Waals surface area contributed by atoms with Gasteiger partial charge in [0.1, 0.15) is 0 Å². The molecule has 1 heterocycles. The Morgan fingerprint density at radius 2 is 2.05 bits per heavy atom. The predicted molar refractivity (Wildman–Crippen MR) is 80.7 cm³/mol. The molecule has 1 aromatic heterocycles. The van der Waals surface area contributed by atoms with E-state index < -0.39 is 0 Å². The van der Waals surface area contributed by atoms with Crippen molar-refractivity contribution in [3.05, 3.63) is 52.3 Å². The van der Waals surface area contributed by atoms with Gasteiger partial charge in [-0.15, -0.1) is 0 Å². The molecule has 0 aliphatic heterocycles. The van der Waals surface area contributed by atoms with Gasteiger partial charge >= 0.3 is 0 Å². The lowest BCUT2D eigenvalue weighted by molar-refractivity contribution is 0.243. The normalized spacial score (nSPS) is 12.6. The van der Waals surface area contributed by atoms with Gasteiger partial charge in [0, 0.05) is 30.4 Å². The van der Waals surface area contributed by atoms with Crippen molar-refractivity contribution in [3.63, 3.8) is 0 Å². The lowest BCUT2D eigenvalue weighted by Crippen LogP contribution is -2.24. The first-order valence-electron chi connectivity index (χ1n) is 6.75. The summed E-state index contributed by atoms with van der Waals surface area (Å²) in [5.74, 6) is 0. The zero-order chi connectivity index (χ0) is 14.5. The van der Waals surface area contributed by atoms with Gasteiger partial charge in [0.15, 0.2) is 0 Å². The minimum Gasteiger partial charge on any atom is -0.394 e. The zero-order valence-electron chi connectivity index (χ0n) is 11.8. The summed E-state index contributed by atoms with van der Waals surface area (Å²) in [5, 5.41) is 18.0. The molecule has 0 radical (unpaired) electrons. The van der Waals surface area contributed by atoms with Crippen molar-refractivity contribution in [1.82, 2.24) is 15.1 Å². The molecule has 1 unspecified atom stereocenters.